The summed E-state index contributed by atoms with van der Waals surface area (Å²) in [5.74, 6) is -3.21. The minimum Gasteiger partial charge on any atom is -0.362 e. The SMILES string of the molecule is Cc1c(F)cc2c3c(c(=O)n(C)c2c1F)N(C1CCC1)CC1CN(C)C(C)CN31.Cc1c(F)cc2c3c(c(=O)n(C)c2c1F)N(C1CN(C)C1)C(=O)C1CN(C)C(C)CN31.Cc1nc2c(cc1Cl)c1c(c(=O)n2C)N(C2CN(C)C2)C(=O)C2CN(C)C(C)CN12.Cc1nc2c(cc1Cl)c1c(c(=O)n2C)N(CCN(C)C)C(=O)C2CN(C)C(C)CN12.Cc1nc2c(cc1F)c1c(c(=O)n2C)N(CCN(C)C)C(=O)C2CN(C)C(C)CN12. The van der Waals surface area contributed by atoms with E-state index in [0.29, 0.717) is 192 Å². The molecular weight excluding hydrogens is 1970 g/mol. The van der Waals surface area contributed by atoms with Crippen molar-refractivity contribution in [3.8, 4) is 0 Å². The number of benzene rings is 2. The molecule has 13 aliphatic rings. The number of amides is 4. The van der Waals surface area contributed by atoms with E-state index in [9.17, 15) is 56.3 Å². The minimum atomic E-state index is -0.733. The molecule has 4 amide bonds. The van der Waals surface area contributed by atoms with Gasteiger partial charge in [-0.15, -0.1) is 0 Å². The van der Waals surface area contributed by atoms with Crippen LogP contribution in [0.25, 0.3) is 54.9 Å². The fraction of sp³-hybridized carbons (Fsp3) is 0.570. The van der Waals surface area contributed by atoms with Crippen LogP contribution in [-0.4, -0.2) is 386 Å². The largest absolute Gasteiger partial charge is 0.362 e. The summed E-state index contributed by atoms with van der Waals surface area (Å²) in [5, 5.41) is 4.17. The van der Waals surface area contributed by atoms with E-state index in [-0.39, 0.29) is 134 Å². The Balaban J connectivity index is 0.000000118. The lowest BCUT2D eigenvalue weighted by Crippen LogP contribution is -2.70. The van der Waals surface area contributed by atoms with Gasteiger partial charge in [-0.25, -0.2) is 36.9 Å². The van der Waals surface area contributed by atoms with Crippen molar-refractivity contribution in [3.63, 3.8) is 0 Å². The number of anilines is 10. The highest BCUT2D eigenvalue weighted by atomic mass is 35.5. The second-order valence-electron chi connectivity index (χ2n) is 44.9. The lowest BCUT2D eigenvalue weighted by atomic mass is 9.88. The van der Waals surface area contributed by atoms with Gasteiger partial charge in [-0.3, -0.25) is 91.2 Å². The number of halogens is 7. The van der Waals surface area contributed by atoms with Crippen LogP contribution in [0.4, 0.5) is 78.8 Å². The van der Waals surface area contributed by atoms with Crippen LogP contribution in [0.1, 0.15) is 82.1 Å². The molecule has 0 radical (unpaired) electrons. The number of nitrogens with zero attached hydrogens (tertiary/aromatic N) is 27. The average molecular weight is 2110 g/mol. The number of likely N-dealkylation sites (N-methyl/N-ethyl adjacent to an activating group) is 9. The van der Waals surface area contributed by atoms with E-state index in [2.05, 4.69) is 111 Å². The third kappa shape index (κ3) is 17.7. The van der Waals surface area contributed by atoms with Crippen LogP contribution in [0, 0.1) is 63.7 Å². The highest BCUT2D eigenvalue weighted by Crippen LogP contribution is 2.51. The zero-order valence-electron chi connectivity index (χ0n) is 90.8. The Morgan fingerprint density at radius 2 is 0.607 bits per heavy atom. The summed E-state index contributed by atoms with van der Waals surface area (Å²) in [6, 6.07) is 7.95. The van der Waals surface area contributed by atoms with Crippen molar-refractivity contribution in [2.45, 2.75) is 167 Å². The maximum absolute atomic E-state index is 15.2. The quantitative estimate of drug-likeness (QED) is 0.127. The van der Waals surface area contributed by atoms with E-state index < -0.39 is 46.7 Å². The van der Waals surface area contributed by atoms with Crippen LogP contribution in [0.5, 0.6) is 0 Å². The van der Waals surface area contributed by atoms with E-state index in [1.54, 1.807) is 59.3 Å². The van der Waals surface area contributed by atoms with Crippen molar-refractivity contribution in [1.29, 1.82) is 0 Å². The molecule has 36 nitrogen and oxygen atoms in total. The first kappa shape index (κ1) is 107. The number of pyridine rings is 8. The summed E-state index contributed by atoms with van der Waals surface area (Å²) in [7, 11) is 30.1. The first-order valence-corrected chi connectivity index (χ1v) is 52.8. The van der Waals surface area contributed by atoms with Crippen LogP contribution < -0.4 is 76.8 Å². The summed E-state index contributed by atoms with van der Waals surface area (Å²) >= 11 is 12.9. The predicted molar refractivity (Wildman–Crippen MR) is 583 cm³/mol. The monoisotopic (exact) mass is 2110 g/mol. The lowest BCUT2D eigenvalue weighted by molar-refractivity contribution is -0.123. The number of likely N-dealkylation sites (tertiary alicyclic amines) is 2. The van der Waals surface area contributed by atoms with Crippen LogP contribution >= 0.6 is 23.2 Å². The predicted octanol–water partition coefficient (Wildman–Crippen LogP) is 7.48. The van der Waals surface area contributed by atoms with Crippen molar-refractivity contribution < 1.29 is 41.1 Å². The maximum atomic E-state index is 15.2. The molecule has 806 valence electrons. The number of aromatic nitrogens is 8. The van der Waals surface area contributed by atoms with Gasteiger partial charge >= 0.3 is 0 Å². The fourth-order valence-electron chi connectivity index (χ4n) is 24.2. The number of piperazine rings is 5. The number of hydrogen-bond donors (Lipinski definition) is 0. The molecule has 10 atom stereocenters. The molecule has 1 saturated carbocycles. The van der Waals surface area contributed by atoms with Crippen LogP contribution in [0.3, 0.4) is 0 Å². The first-order chi connectivity index (χ1) is 70.8. The van der Waals surface area contributed by atoms with Gasteiger partial charge < -0.3 is 67.9 Å². The van der Waals surface area contributed by atoms with Gasteiger partial charge in [0.15, 0.2) is 11.6 Å². The summed E-state index contributed by atoms with van der Waals surface area (Å²) in [6.45, 7) is 30.7. The molecule has 43 heteroatoms. The number of rotatable bonds is 9. The fourth-order valence-corrected chi connectivity index (χ4v) is 24.5. The molecule has 7 saturated heterocycles. The van der Waals surface area contributed by atoms with Crippen LogP contribution in [0.2, 0.25) is 10.0 Å². The van der Waals surface area contributed by atoms with Gasteiger partial charge in [0.2, 0.25) is 0 Å². The second-order valence-corrected chi connectivity index (χ2v) is 45.7. The summed E-state index contributed by atoms with van der Waals surface area (Å²) in [6.07, 6.45) is 3.30. The van der Waals surface area contributed by atoms with Crippen molar-refractivity contribution in [2.75, 3.05) is 251 Å². The Morgan fingerprint density at radius 3 is 0.960 bits per heavy atom. The molecule has 20 heterocycles. The Hall–Kier alpha value is -11.5. The standard InChI is InChI=1S/C22H27F2N5O2.C22H28F2N4O.C21H27ClN6O2.C21H29ClN6O2.C21H29FN6O2/c1-11-7-28-16(10-26(11)4)21(30)29(13-8-25(3)9-13)20-19(28)14-6-15(23)12(2)17(24)18(14)27(5)22(20)31;1-12-9-27-15(10-25(12)3)11-28(14-6-5-7-14)21-20(27)16-8-17(23)13(2)18(24)19(16)26(4)22(21)29;1-11-7-27-16(10-25(11)4)20(29)28(13-8-24(3)9-13)18-17(27)14-6-15(22)12(2)23-19(14)26(5)21(18)30;2*1-12-10-28-16(11-25(12)5)20(29)27(8-7-24(3)4)18-17(28)14-9-15(22)13(2)23-19(14)26(6)21(18)30/h6,11,13,16H,7-10H2,1-5H3;8,12,14-15H,5-7,9-11H2,1-4H3;6,11,13,16H,7-10H2,1-5H3;2*9,12,16H,7-8,10-11H2,1-6H3. The minimum absolute atomic E-state index is 0.00656. The summed E-state index contributed by atoms with van der Waals surface area (Å²) in [4.78, 5) is 174. The van der Waals surface area contributed by atoms with Crippen LogP contribution in [0.15, 0.2) is 54.3 Å². The summed E-state index contributed by atoms with van der Waals surface area (Å²) < 4.78 is 81.3. The van der Waals surface area contributed by atoms with Gasteiger partial charge in [-0.1, -0.05) is 23.2 Å². The number of carbonyl (C=O) groups excluding carboxylic acids is 4. The smallest absolute Gasteiger partial charge is 0.278 e. The van der Waals surface area contributed by atoms with E-state index in [0.717, 1.165) is 79.8 Å². The third-order valence-corrected chi connectivity index (χ3v) is 35.1. The zero-order valence-corrected chi connectivity index (χ0v) is 92.4. The topological polar surface area (TPSA) is 279 Å². The molecule has 0 N–H and O–H groups in total. The van der Waals surface area contributed by atoms with Gasteiger partial charge in [0.25, 0.3) is 51.4 Å². The van der Waals surface area contributed by atoms with Crippen LogP contribution in [-0.2, 0) is 54.4 Å². The number of aryl methyl sites for hydroxylation is 8. The molecule has 12 aliphatic heterocycles. The maximum Gasteiger partial charge on any atom is 0.278 e. The Bertz CT molecular complexity index is 7380. The normalized spacial score (nSPS) is 24.0. The van der Waals surface area contributed by atoms with E-state index in [1.807, 2.05) is 116 Å². The van der Waals surface area contributed by atoms with Gasteiger partial charge in [0.05, 0.1) is 84.7 Å². The average Bonchev–Trinajstić information content (AvgIpc) is 0.717. The van der Waals surface area contributed by atoms with Crippen molar-refractivity contribution in [2.24, 2.45) is 35.2 Å². The highest BCUT2D eigenvalue weighted by Gasteiger charge is 2.55. The molecule has 8 fully saturated rings. The number of carbonyl (C=O) groups is 4. The molecule has 1 aliphatic carbocycles. The highest BCUT2D eigenvalue weighted by molar-refractivity contribution is 6.33. The molecule has 0 spiro atoms. The van der Waals surface area contributed by atoms with E-state index in [4.69, 9.17) is 23.2 Å². The molecule has 0 bridgehead atoms. The molecule has 8 aromatic heterocycles. The molecule has 150 heavy (non-hydrogen) atoms. The number of hydrogen-bond acceptors (Lipinski definition) is 27. The zero-order chi connectivity index (χ0) is 108. The Kier molecular flexibility index (Phi) is 28.6. The van der Waals surface area contributed by atoms with E-state index in [1.165, 1.54) is 57.4 Å². The van der Waals surface area contributed by atoms with Gasteiger partial charge in [0, 0.05) is 234 Å². The molecular formula is C107H140Cl2F5N27O9. The third-order valence-electron chi connectivity index (χ3n) is 34.3. The molecule has 2 aromatic carbocycles. The Labute approximate surface area is 879 Å². The van der Waals surface area contributed by atoms with Gasteiger partial charge in [-0.2, -0.15) is 0 Å². The first-order valence-electron chi connectivity index (χ1n) is 52.0. The lowest BCUT2D eigenvalue weighted by Gasteiger charge is -2.53. The molecule has 10 aromatic rings. The van der Waals surface area contributed by atoms with Gasteiger partial charge in [-0.05, 0) is 196 Å². The summed E-state index contributed by atoms with van der Waals surface area (Å²) in [5.41, 5.74) is 7.62. The Morgan fingerprint density at radius 1 is 0.313 bits per heavy atom. The van der Waals surface area contributed by atoms with E-state index >= 15 is 8.78 Å². The van der Waals surface area contributed by atoms with Crippen molar-refractivity contribution in [1.82, 2.24) is 81.9 Å². The molecule has 10 unspecified atom stereocenters. The van der Waals surface area contributed by atoms with Crippen molar-refractivity contribution >= 4 is 159 Å². The second kappa shape index (κ2) is 40.2. The van der Waals surface area contributed by atoms with Crippen molar-refractivity contribution in [3.05, 3.63) is 149 Å². The van der Waals surface area contributed by atoms with Gasteiger partial charge in [0.1, 0.15) is 87.0 Å². The molecule has 23 rings (SSSR count). The number of fused-ring (bicyclic) bond motifs is 25.